The Hall–Kier alpha value is -1.74. The van der Waals surface area contributed by atoms with Gasteiger partial charge >= 0.3 is 0 Å². The van der Waals surface area contributed by atoms with Crippen LogP contribution in [0.1, 0.15) is 31.7 Å². The Kier molecular flexibility index (Phi) is 4.84. The highest BCUT2D eigenvalue weighted by molar-refractivity contribution is 6.29. The van der Waals surface area contributed by atoms with Gasteiger partial charge in [-0.25, -0.2) is 4.98 Å². The Morgan fingerprint density at radius 3 is 2.82 bits per heavy atom. The number of anilines is 1. The minimum Gasteiger partial charge on any atom is -0.489 e. The van der Waals surface area contributed by atoms with Gasteiger partial charge in [-0.2, -0.15) is 0 Å². The summed E-state index contributed by atoms with van der Waals surface area (Å²) in [6.07, 6.45) is 3.70. The van der Waals surface area contributed by atoms with E-state index in [0.717, 1.165) is 23.7 Å². The fourth-order valence-electron chi connectivity index (χ4n) is 2.87. The standard InChI is InChI=1S/C18H21ClN2O/c1-14-7-5-6-10-21(14)18-12-16(11-17(19)20-18)22-13-15-8-3-2-4-9-15/h2-4,8-9,11-12,14H,5-7,10,13H2,1H3. The van der Waals surface area contributed by atoms with Crippen molar-refractivity contribution in [2.24, 2.45) is 0 Å². The Balaban J connectivity index is 1.74. The topological polar surface area (TPSA) is 25.4 Å². The molecule has 22 heavy (non-hydrogen) atoms. The van der Waals surface area contributed by atoms with Crippen LogP contribution in [-0.4, -0.2) is 17.6 Å². The molecule has 2 heterocycles. The zero-order valence-electron chi connectivity index (χ0n) is 12.8. The Labute approximate surface area is 136 Å². The predicted molar refractivity (Wildman–Crippen MR) is 90.7 cm³/mol. The van der Waals surface area contributed by atoms with Gasteiger partial charge in [-0.1, -0.05) is 41.9 Å². The van der Waals surface area contributed by atoms with Crippen LogP contribution in [0.15, 0.2) is 42.5 Å². The van der Waals surface area contributed by atoms with E-state index in [-0.39, 0.29) is 0 Å². The number of piperidine rings is 1. The Bertz CT molecular complexity index is 618. The summed E-state index contributed by atoms with van der Waals surface area (Å²) in [5, 5.41) is 0.485. The summed E-state index contributed by atoms with van der Waals surface area (Å²) >= 11 is 6.18. The number of hydrogen-bond acceptors (Lipinski definition) is 3. The van der Waals surface area contributed by atoms with Crippen LogP contribution in [-0.2, 0) is 6.61 Å². The molecule has 0 spiro atoms. The molecular weight excluding hydrogens is 296 g/mol. The number of aromatic nitrogens is 1. The van der Waals surface area contributed by atoms with Crippen molar-refractivity contribution in [3.8, 4) is 5.75 Å². The molecule has 0 N–H and O–H groups in total. The minimum atomic E-state index is 0.485. The van der Waals surface area contributed by atoms with E-state index in [9.17, 15) is 0 Å². The molecule has 0 aliphatic carbocycles. The third-order valence-electron chi connectivity index (χ3n) is 4.10. The second kappa shape index (κ2) is 7.01. The zero-order chi connectivity index (χ0) is 15.4. The van der Waals surface area contributed by atoms with Crippen molar-refractivity contribution >= 4 is 17.4 Å². The van der Waals surface area contributed by atoms with Crippen LogP contribution >= 0.6 is 11.6 Å². The second-order valence-electron chi connectivity index (χ2n) is 5.80. The molecule has 1 aliphatic rings. The monoisotopic (exact) mass is 316 g/mol. The number of hydrogen-bond donors (Lipinski definition) is 0. The van der Waals surface area contributed by atoms with Crippen molar-refractivity contribution in [2.45, 2.75) is 38.8 Å². The number of nitrogens with zero attached hydrogens (tertiary/aromatic N) is 2. The number of benzene rings is 1. The summed E-state index contributed by atoms with van der Waals surface area (Å²) in [6, 6.07) is 14.4. The molecule has 4 heteroatoms. The van der Waals surface area contributed by atoms with Crippen LogP contribution in [0.2, 0.25) is 5.15 Å². The van der Waals surface area contributed by atoms with E-state index in [1.165, 1.54) is 19.3 Å². The average Bonchev–Trinajstić information content (AvgIpc) is 2.54. The Morgan fingerprint density at radius 2 is 2.05 bits per heavy atom. The number of pyridine rings is 1. The average molecular weight is 317 g/mol. The third-order valence-corrected chi connectivity index (χ3v) is 4.29. The van der Waals surface area contributed by atoms with Crippen LogP contribution in [0.3, 0.4) is 0 Å². The first-order valence-electron chi connectivity index (χ1n) is 7.83. The smallest absolute Gasteiger partial charge is 0.135 e. The molecule has 1 atom stereocenters. The molecule has 0 radical (unpaired) electrons. The van der Waals surface area contributed by atoms with E-state index < -0.39 is 0 Å². The van der Waals surface area contributed by atoms with Crippen molar-refractivity contribution in [2.75, 3.05) is 11.4 Å². The molecule has 3 nitrogen and oxygen atoms in total. The normalized spacial score (nSPS) is 18.3. The van der Waals surface area contributed by atoms with Gasteiger partial charge in [0.2, 0.25) is 0 Å². The molecule has 0 saturated carbocycles. The summed E-state index contributed by atoms with van der Waals surface area (Å²) in [7, 11) is 0. The van der Waals surface area contributed by atoms with Gasteiger partial charge in [0.1, 0.15) is 23.3 Å². The van der Waals surface area contributed by atoms with E-state index in [4.69, 9.17) is 16.3 Å². The molecule has 1 aromatic heterocycles. The summed E-state index contributed by atoms with van der Waals surface area (Å²) in [6.45, 7) is 3.81. The first kappa shape index (κ1) is 15.2. The maximum Gasteiger partial charge on any atom is 0.135 e. The van der Waals surface area contributed by atoms with Crippen molar-refractivity contribution in [1.29, 1.82) is 0 Å². The van der Waals surface area contributed by atoms with Gasteiger partial charge in [0, 0.05) is 24.7 Å². The maximum atomic E-state index is 6.18. The third kappa shape index (κ3) is 3.72. The molecule has 2 aromatic rings. The number of halogens is 1. The molecule has 1 aromatic carbocycles. The summed E-state index contributed by atoms with van der Waals surface area (Å²) in [5.41, 5.74) is 1.14. The molecule has 1 unspecified atom stereocenters. The second-order valence-corrected chi connectivity index (χ2v) is 6.18. The van der Waals surface area contributed by atoms with E-state index >= 15 is 0 Å². The van der Waals surface area contributed by atoms with Crippen LogP contribution in [0.4, 0.5) is 5.82 Å². The predicted octanol–water partition coefficient (Wildman–Crippen LogP) is 4.69. The highest BCUT2D eigenvalue weighted by Crippen LogP contribution is 2.28. The SMILES string of the molecule is CC1CCCCN1c1cc(OCc2ccccc2)cc(Cl)n1. The van der Waals surface area contributed by atoms with Crippen molar-refractivity contribution in [3.05, 3.63) is 53.2 Å². The highest BCUT2D eigenvalue weighted by Gasteiger charge is 2.20. The highest BCUT2D eigenvalue weighted by atomic mass is 35.5. The lowest BCUT2D eigenvalue weighted by molar-refractivity contribution is 0.306. The van der Waals surface area contributed by atoms with E-state index in [1.807, 2.05) is 24.3 Å². The van der Waals surface area contributed by atoms with Crippen molar-refractivity contribution in [1.82, 2.24) is 4.98 Å². The van der Waals surface area contributed by atoms with Gasteiger partial charge in [0.15, 0.2) is 0 Å². The fraction of sp³-hybridized carbons (Fsp3) is 0.389. The van der Waals surface area contributed by atoms with Crippen molar-refractivity contribution in [3.63, 3.8) is 0 Å². The van der Waals surface area contributed by atoms with Crippen molar-refractivity contribution < 1.29 is 4.74 Å². The van der Waals surface area contributed by atoms with Crippen LogP contribution in [0.5, 0.6) is 5.75 Å². The molecular formula is C18H21ClN2O. The molecule has 116 valence electrons. The minimum absolute atomic E-state index is 0.485. The lowest BCUT2D eigenvalue weighted by Crippen LogP contribution is -2.37. The number of ether oxygens (including phenoxy) is 1. The quantitative estimate of drug-likeness (QED) is 0.765. The maximum absolute atomic E-state index is 6.18. The molecule has 0 bridgehead atoms. The van der Waals surface area contributed by atoms with Gasteiger partial charge < -0.3 is 9.64 Å². The Morgan fingerprint density at radius 1 is 1.23 bits per heavy atom. The molecule has 1 fully saturated rings. The van der Waals surface area contributed by atoms with Crippen LogP contribution in [0.25, 0.3) is 0 Å². The van der Waals surface area contributed by atoms with Crippen LogP contribution in [0, 0.1) is 0 Å². The summed E-state index contributed by atoms with van der Waals surface area (Å²) in [5.74, 6) is 1.69. The van der Waals surface area contributed by atoms with Gasteiger partial charge in [-0.15, -0.1) is 0 Å². The van der Waals surface area contributed by atoms with E-state index in [1.54, 1.807) is 6.07 Å². The lowest BCUT2D eigenvalue weighted by Gasteiger charge is -2.34. The van der Waals surface area contributed by atoms with Crippen LogP contribution < -0.4 is 9.64 Å². The lowest BCUT2D eigenvalue weighted by atomic mass is 10.0. The zero-order valence-corrected chi connectivity index (χ0v) is 13.6. The first-order chi connectivity index (χ1) is 10.7. The van der Waals surface area contributed by atoms with E-state index in [0.29, 0.717) is 17.8 Å². The summed E-state index contributed by atoms with van der Waals surface area (Å²) in [4.78, 5) is 6.80. The number of rotatable bonds is 4. The van der Waals surface area contributed by atoms with Gasteiger partial charge in [0.05, 0.1) is 0 Å². The fourth-order valence-corrected chi connectivity index (χ4v) is 3.06. The summed E-state index contributed by atoms with van der Waals surface area (Å²) < 4.78 is 5.89. The van der Waals surface area contributed by atoms with Gasteiger partial charge in [0.25, 0.3) is 0 Å². The van der Waals surface area contributed by atoms with Gasteiger partial charge in [-0.05, 0) is 31.7 Å². The van der Waals surface area contributed by atoms with E-state index in [2.05, 4.69) is 28.9 Å². The molecule has 0 amide bonds. The largest absolute Gasteiger partial charge is 0.489 e. The van der Waals surface area contributed by atoms with Gasteiger partial charge in [-0.3, -0.25) is 0 Å². The molecule has 1 saturated heterocycles. The molecule has 1 aliphatic heterocycles. The first-order valence-corrected chi connectivity index (χ1v) is 8.21. The molecule has 3 rings (SSSR count).